The van der Waals surface area contributed by atoms with Crippen LogP contribution in [0, 0.1) is 0 Å². The number of hydrogen-bond donors (Lipinski definition) is 0. The summed E-state index contributed by atoms with van der Waals surface area (Å²) in [7, 11) is 1.54. The summed E-state index contributed by atoms with van der Waals surface area (Å²) in [5.74, 6) is 0.205. The summed E-state index contributed by atoms with van der Waals surface area (Å²) in [5, 5.41) is 0. The van der Waals surface area contributed by atoms with Crippen LogP contribution in [0.5, 0.6) is 5.75 Å². The minimum atomic E-state index is -4.61. The van der Waals surface area contributed by atoms with E-state index < -0.39 is 23.3 Å². The smallest absolute Gasteiger partial charge is 0.496 e. The standard InChI is InChI=1S/C18H22BrF3O4/c1-3-25-17(23)16(19)13-5-4-6-14(24-2)15(13)11-7-9-12(10-8-11)26-18(20,21)22/h4-6,11-12,16H,3,7-10H2,1-2H3. The van der Waals surface area contributed by atoms with Gasteiger partial charge in [0.25, 0.3) is 0 Å². The number of benzene rings is 1. The number of halogens is 4. The Balaban J connectivity index is 2.22. The predicted molar refractivity (Wildman–Crippen MR) is 93.4 cm³/mol. The van der Waals surface area contributed by atoms with Gasteiger partial charge in [-0.15, -0.1) is 13.2 Å². The number of carbonyl (C=O) groups excluding carboxylic acids is 1. The molecule has 146 valence electrons. The van der Waals surface area contributed by atoms with Crippen molar-refractivity contribution in [2.45, 2.75) is 55.8 Å². The third-order valence-corrected chi connectivity index (χ3v) is 5.34. The van der Waals surface area contributed by atoms with Crippen LogP contribution in [0.2, 0.25) is 0 Å². The molecule has 1 saturated carbocycles. The van der Waals surface area contributed by atoms with E-state index in [1.807, 2.05) is 6.07 Å². The van der Waals surface area contributed by atoms with Gasteiger partial charge < -0.3 is 9.47 Å². The lowest BCUT2D eigenvalue weighted by molar-refractivity contribution is -0.345. The van der Waals surface area contributed by atoms with Crippen LogP contribution in [0.15, 0.2) is 18.2 Å². The summed E-state index contributed by atoms with van der Waals surface area (Å²) in [5.41, 5.74) is 1.57. The lowest BCUT2D eigenvalue weighted by atomic mass is 9.80. The highest BCUT2D eigenvalue weighted by Gasteiger charge is 2.37. The fourth-order valence-corrected chi connectivity index (χ4v) is 3.93. The SMILES string of the molecule is CCOC(=O)C(Br)c1cccc(OC)c1C1CCC(OC(F)(F)F)CC1. The van der Waals surface area contributed by atoms with Crippen molar-refractivity contribution >= 4 is 21.9 Å². The highest BCUT2D eigenvalue weighted by atomic mass is 79.9. The Bertz CT molecular complexity index is 613. The van der Waals surface area contributed by atoms with Crippen LogP contribution in [0.25, 0.3) is 0 Å². The molecule has 1 atom stereocenters. The Kier molecular flexibility index (Phi) is 7.34. The molecule has 0 N–H and O–H groups in total. The monoisotopic (exact) mass is 438 g/mol. The first-order valence-electron chi connectivity index (χ1n) is 8.48. The van der Waals surface area contributed by atoms with Crippen LogP contribution >= 0.6 is 15.9 Å². The number of esters is 1. The molecule has 0 bridgehead atoms. The van der Waals surface area contributed by atoms with E-state index in [1.165, 1.54) is 7.11 Å². The lowest BCUT2D eigenvalue weighted by Gasteiger charge is -2.31. The highest BCUT2D eigenvalue weighted by molar-refractivity contribution is 9.09. The van der Waals surface area contributed by atoms with Crippen LogP contribution in [0.3, 0.4) is 0 Å². The molecule has 1 aromatic carbocycles. The summed E-state index contributed by atoms with van der Waals surface area (Å²) < 4.78 is 51.9. The zero-order valence-corrected chi connectivity index (χ0v) is 16.2. The van der Waals surface area contributed by atoms with Crippen LogP contribution in [-0.2, 0) is 14.3 Å². The number of alkyl halides is 4. The Morgan fingerprint density at radius 3 is 2.46 bits per heavy atom. The van der Waals surface area contributed by atoms with Crippen molar-refractivity contribution in [1.82, 2.24) is 0 Å². The molecule has 1 fully saturated rings. The number of hydrogen-bond acceptors (Lipinski definition) is 4. The predicted octanol–water partition coefficient (Wildman–Crippen LogP) is 5.26. The minimum Gasteiger partial charge on any atom is -0.496 e. The van der Waals surface area contributed by atoms with Gasteiger partial charge in [-0.3, -0.25) is 9.53 Å². The van der Waals surface area contributed by atoms with Gasteiger partial charge in [-0.25, -0.2) is 0 Å². The summed E-state index contributed by atoms with van der Waals surface area (Å²) >= 11 is 3.38. The number of carbonyl (C=O) groups is 1. The molecule has 4 nitrogen and oxygen atoms in total. The number of methoxy groups -OCH3 is 1. The van der Waals surface area contributed by atoms with E-state index in [2.05, 4.69) is 20.7 Å². The zero-order chi connectivity index (χ0) is 19.3. The van der Waals surface area contributed by atoms with Crippen molar-refractivity contribution in [1.29, 1.82) is 0 Å². The summed E-state index contributed by atoms with van der Waals surface area (Å²) in [6, 6.07) is 5.39. The van der Waals surface area contributed by atoms with Gasteiger partial charge in [0.05, 0.1) is 19.8 Å². The van der Waals surface area contributed by atoms with Crippen LogP contribution in [0.4, 0.5) is 13.2 Å². The Hall–Kier alpha value is -1.28. The first-order valence-corrected chi connectivity index (χ1v) is 9.40. The van der Waals surface area contributed by atoms with E-state index in [1.54, 1.807) is 19.1 Å². The van der Waals surface area contributed by atoms with Crippen LogP contribution in [-0.4, -0.2) is 32.2 Å². The largest absolute Gasteiger partial charge is 0.522 e. The van der Waals surface area contributed by atoms with E-state index in [4.69, 9.17) is 9.47 Å². The van der Waals surface area contributed by atoms with Gasteiger partial charge in [0, 0.05) is 5.56 Å². The summed E-state index contributed by atoms with van der Waals surface area (Å²) in [6.45, 7) is 1.99. The van der Waals surface area contributed by atoms with Crippen molar-refractivity contribution in [2.24, 2.45) is 0 Å². The second-order valence-electron chi connectivity index (χ2n) is 6.12. The fraction of sp³-hybridized carbons (Fsp3) is 0.611. The van der Waals surface area contributed by atoms with E-state index in [-0.39, 0.29) is 12.5 Å². The molecule has 0 aliphatic heterocycles. The van der Waals surface area contributed by atoms with Gasteiger partial charge in [0.15, 0.2) is 0 Å². The quantitative estimate of drug-likeness (QED) is 0.448. The van der Waals surface area contributed by atoms with Gasteiger partial charge in [0.2, 0.25) is 0 Å². The average Bonchev–Trinajstić information content (AvgIpc) is 2.60. The molecule has 0 heterocycles. The third kappa shape index (κ3) is 5.36. The number of ether oxygens (including phenoxy) is 3. The van der Waals surface area contributed by atoms with Crippen LogP contribution < -0.4 is 4.74 Å². The first-order chi connectivity index (χ1) is 12.3. The van der Waals surface area contributed by atoms with E-state index in [9.17, 15) is 18.0 Å². The highest BCUT2D eigenvalue weighted by Crippen LogP contribution is 2.44. The Labute approximate surface area is 159 Å². The summed E-state index contributed by atoms with van der Waals surface area (Å²) in [6.07, 6.45) is -3.79. The third-order valence-electron chi connectivity index (χ3n) is 4.47. The molecule has 26 heavy (non-hydrogen) atoms. The maximum Gasteiger partial charge on any atom is 0.522 e. The zero-order valence-electron chi connectivity index (χ0n) is 14.6. The topological polar surface area (TPSA) is 44.8 Å². The van der Waals surface area contributed by atoms with E-state index >= 15 is 0 Å². The Morgan fingerprint density at radius 2 is 1.92 bits per heavy atom. The van der Waals surface area contributed by atoms with Gasteiger partial charge in [-0.1, -0.05) is 28.1 Å². The molecule has 1 unspecified atom stereocenters. The summed E-state index contributed by atoms with van der Waals surface area (Å²) in [4.78, 5) is 11.5. The molecular weight excluding hydrogens is 417 g/mol. The maximum absolute atomic E-state index is 12.4. The normalized spacial score (nSPS) is 21.9. The molecule has 0 amide bonds. The molecule has 1 aromatic rings. The second kappa shape index (κ2) is 9.08. The fourth-order valence-electron chi connectivity index (χ4n) is 3.40. The van der Waals surface area contributed by atoms with Gasteiger partial charge in [0.1, 0.15) is 10.6 Å². The average molecular weight is 439 g/mol. The molecule has 0 aromatic heterocycles. The van der Waals surface area contributed by atoms with Crippen molar-refractivity contribution in [2.75, 3.05) is 13.7 Å². The van der Waals surface area contributed by atoms with Crippen molar-refractivity contribution in [3.8, 4) is 5.75 Å². The molecule has 1 aliphatic rings. The van der Waals surface area contributed by atoms with Gasteiger partial charge in [-0.2, -0.15) is 0 Å². The first kappa shape index (κ1) is 21.0. The van der Waals surface area contributed by atoms with Gasteiger partial charge >= 0.3 is 12.3 Å². The Morgan fingerprint density at radius 1 is 1.27 bits per heavy atom. The maximum atomic E-state index is 12.4. The second-order valence-corrected chi connectivity index (χ2v) is 7.03. The van der Waals surface area contributed by atoms with Crippen molar-refractivity contribution < 1.29 is 32.2 Å². The van der Waals surface area contributed by atoms with Crippen molar-refractivity contribution in [3.63, 3.8) is 0 Å². The molecule has 1 aliphatic carbocycles. The van der Waals surface area contributed by atoms with E-state index in [0.717, 1.165) is 11.1 Å². The number of rotatable bonds is 6. The van der Waals surface area contributed by atoms with Crippen LogP contribution in [0.1, 0.15) is 54.5 Å². The molecule has 0 spiro atoms. The molecule has 0 radical (unpaired) electrons. The van der Waals surface area contributed by atoms with Crippen molar-refractivity contribution in [3.05, 3.63) is 29.3 Å². The lowest BCUT2D eigenvalue weighted by Crippen LogP contribution is -2.28. The molecule has 0 saturated heterocycles. The van der Waals surface area contributed by atoms with E-state index in [0.29, 0.717) is 31.4 Å². The molecular formula is C18H22BrF3O4. The van der Waals surface area contributed by atoms with Gasteiger partial charge in [-0.05, 0) is 50.2 Å². The molecule has 8 heteroatoms. The minimum absolute atomic E-state index is 0.0105. The molecule has 2 rings (SSSR count).